The molecule has 16 heteroatoms. The quantitative estimate of drug-likeness (QED) is 0.0170. The minimum absolute atomic E-state index is 0.104. The molecule has 57 heavy (non-hydrogen) atoms. The van der Waals surface area contributed by atoms with Crippen molar-refractivity contribution in [2.24, 2.45) is 5.92 Å². The first-order valence-corrected chi connectivity index (χ1v) is 23.8. The van der Waals surface area contributed by atoms with Crippen LogP contribution in [-0.2, 0) is 41.8 Å². The molecule has 0 spiro atoms. The normalized spacial score (nSPS) is 15.7. The van der Waals surface area contributed by atoms with Gasteiger partial charge < -0.3 is 34.4 Å². The Kier molecular flexibility index (Phi) is 34.7. The number of rotatable bonds is 38. The van der Waals surface area contributed by atoms with E-state index in [0.29, 0.717) is 25.7 Å². The Morgan fingerprint density at radius 1 is 0.596 bits per heavy atom. The molecule has 0 fully saturated rings. The van der Waals surface area contributed by atoms with Gasteiger partial charge in [-0.25, -0.2) is 9.13 Å². The lowest BCUT2D eigenvalue weighted by Gasteiger charge is -2.20. The predicted octanol–water partition coefficient (Wildman–Crippen LogP) is 9.11. The zero-order valence-electron chi connectivity index (χ0n) is 34.7. The molecule has 0 aliphatic heterocycles. The standard InChI is InChI=1S/C41H74O14P2/c1-4-27-37(42)29-24-20-16-11-9-7-6-8-10-12-17-21-25-30-40(44)51-34-39(35-54-57(49,50)53-33-38(43)32-52-56(46,47)48)55-41(45)31-26-22-18-14-13-15-19-23-28-36(3)5-2/h6,8-9,11-12,17,20,24,36-39,42-43H,4-5,7,10,13-16,18-19,21-23,25-35H2,1-3H3,(H,49,50)(H2,46,47,48)/b8-6-,11-9-,17-12-,24-20-/t36?,37?,38-,39+/m0/s1. The number of ether oxygens (including phenoxy) is 2. The SMILES string of the molecule is CCCC(O)C/C=C\C/C=C\C/C=C\C/C=C\CCCC(=O)OC[C@H](COP(=O)(O)OC[C@@H](O)COP(=O)(O)O)OC(=O)CCCCCCCCCCC(C)CC. The van der Waals surface area contributed by atoms with Crippen LogP contribution in [0, 0.1) is 5.92 Å². The van der Waals surface area contributed by atoms with Crippen LogP contribution >= 0.6 is 15.6 Å². The molecule has 0 amide bonds. The Bertz CT molecular complexity index is 1230. The van der Waals surface area contributed by atoms with Gasteiger partial charge in [0.25, 0.3) is 0 Å². The van der Waals surface area contributed by atoms with Crippen LogP contribution in [0.25, 0.3) is 0 Å². The van der Waals surface area contributed by atoms with Gasteiger partial charge in [0, 0.05) is 12.8 Å². The molecule has 0 aromatic carbocycles. The van der Waals surface area contributed by atoms with E-state index in [1.807, 2.05) is 18.2 Å². The second kappa shape index (κ2) is 35.9. The molecule has 0 aliphatic rings. The highest BCUT2D eigenvalue weighted by Gasteiger charge is 2.28. The lowest BCUT2D eigenvalue weighted by atomic mass is 9.99. The molecule has 0 bridgehead atoms. The molecule has 0 aliphatic carbocycles. The number of unbranched alkanes of at least 4 members (excludes halogenated alkanes) is 8. The summed E-state index contributed by atoms with van der Waals surface area (Å²) in [6.45, 7) is 3.76. The topological polar surface area (TPSA) is 216 Å². The van der Waals surface area contributed by atoms with Crippen LogP contribution in [0.4, 0.5) is 0 Å². The van der Waals surface area contributed by atoms with E-state index in [9.17, 15) is 33.8 Å². The van der Waals surface area contributed by atoms with E-state index in [-0.39, 0.29) is 18.9 Å². The summed E-state index contributed by atoms with van der Waals surface area (Å²) in [6, 6.07) is 0. The number of hydrogen-bond donors (Lipinski definition) is 5. The monoisotopic (exact) mass is 852 g/mol. The van der Waals surface area contributed by atoms with Crippen LogP contribution in [0.5, 0.6) is 0 Å². The Morgan fingerprint density at radius 3 is 1.72 bits per heavy atom. The number of aliphatic hydroxyl groups is 2. The highest BCUT2D eigenvalue weighted by molar-refractivity contribution is 7.47. The number of carbonyl (C=O) groups excluding carboxylic acids is 2. The molecule has 5 atom stereocenters. The lowest BCUT2D eigenvalue weighted by Crippen LogP contribution is -2.30. The number of carbonyl (C=O) groups is 2. The van der Waals surface area contributed by atoms with Crippen molar-refractivity contribution < 1.29 is 66.7 Å². The van der Waals surface area contributed by atoms with Gasteiger partial charge in [-0.05, 0) is 57.3 Å². The lowest BCUT2D eigenvalue weighted by molar-refractivity contribution is -0.161. The van der Waals surface area contributed by atoms with Crippen LogP contribution in [0.1, 0.15) is 149 Å². The molecule has 5 N–H and O–H groups in total. The summed E-state index contributed by atoms with van der Waals surface area (Å²) >= 11 is 0. The summed E-state index contributed by atoms with van der Waals surface area (Å²) < 4.78 is 47.6. The van der Waals surface area contributed by atoms with Gasteiger partial charge in [-0.2, -0.15) is 0 Å². The smallest absolute Gasteiger partial charge is 0.462 e. The average molecular weight is 853 g/mol. The Labute approximate surface area is 342 Å². The molecular formula is C41H74O14P2. The summed E-state index contributed by atoms with van der Waals surface area (Å²) in [5, 5.41) is 19.4. The third-order valence-corrected chi connectivity index (χ3v) is 10.2. The molecule has 0 aromatic rings. The van der Waals surface area contributed by atoms with Gasteiger partial charge >= 0.3 is 27.6 Å². The van der Waals surface area contributed by atoms with Crippen molar-refractivity contribution in [3.8, 4) is 0 Å². The molecule has 0 saturated carbocycles. The van der Waals surface area contributed by atoms with E-state index in [1.54, 1.807) is 0 Å². The fourth-order valence-corrected chi connectivity index (χ4v) is 6.43. The van der Waals surface area contributed by atoms with Crippen LogP contribution in [-0.4, -0.2) is 81.6 Å². The first-order chi connectivity index (χ1) is 27.2. The van der Waals surface area contributed by atoms with Crippen molar-refractivity contribution in [3.63, 3.8) is 0 Å². The molecule has 0 heterocycles. The fourth-order valence-electron chi connectivity index (χ4n) is 5.27. The fraction of sp³-hybridized carbons (Fsp3) is 0.756. The first kappa shape index (κ1) is 55.0. The van der Waals surface area contributed by atoms with Crippen molar-refractivity contribution in [3.05, 3.63) is 48.6 Å². The van der Waals surface area contributed by atoms with E-state index < -0.39 is 66.2 Å². The zero-order valence-corrected chi connectivity index (χ0v) is 36.5. The predicted molar refractivity (Wildman–Crippen MR) is 222 cm³/mol. The minimum Gasteiger partial charge on any atom is -0.462 e. The van der Waals surface area contributed by atoms with E-state index in [0.717, 1.165) is 63.7 Å². The van der Waals surface area contributed by atoms with E-state index in [2.05, 4.69) is 60.2 Å². The van der Waals surface area contributed by atoms with Crippen LogP contribution in [0.15, 0.2) is 48.6 Å². The minimum atomic E-state index is -4.87. The number of aliphatic hydroxyl groups excluding tert-OH is 2. The molecule has 0 saturated heterocycles. The Morgan fingerprint density at radius 2 is 1.12 bits per heavy atom. The molecule has 0 rings (SSSR count). The highest BCUT2D eigenvalue weighted by atomic mass is 31.2. The third kappa shape index (κ3) is 39.3. The largest absolute Gasteiger partial charge is 0.472 e. The van der Waals surface area contributed by atoms with Gasteiger partial charge in [0.1, 0.15) is 12.7 Å². The number of phosphoric ester groups is 2. The maximum Gasteiger partial charge on any atom is 0.472 e. The highest BCUT2D eigenvalue weighted by Crippen LogP contribution is 2.43. The Balaban J connectivity index is 4.65. The molecule has 0 aromatic heterocycles. The maximum atomic E-state index is 12.6. The first-order valence-electron chi connectivity index (χ1n) is 20.8. The van der Waals surface area contributed by atoms with Crippen LogP contribution in [0.2, 0.25) is 0 Å². The average Bonchev–Trinajstić information content (AvgIpc) is 3.16. The zero-order chi connectivity index (χ0) is 42.6. The van der Waals surface area contributed by atoms with E-state index >= 15 is 0 Å². The second-order valence-electron chi connectivity index (χ2n) is 14.3. The molecule has 14 nitrogen and oxygen atoms in total. The van der Waals surface area contributed by atoms with Crippen LogP contribution in [0.3, 0.4) is 0 Å². The number of allylic oxidation sites excluding steroid dienone is 7. The van der Waals surface area contributed by atoms with E-state index in [1.165, 1.54) is 32.1 Å². The molecule has 3 unspecified atom stereocenters. The van der Waals surface area contributed by atoms with Gasteiger partial charge in [0.2, 0.25) is 0 Å². The summed E-state index contributed by atoms with van der Waals surface area (Å²) in [5.41, 5.74) is 0. The van der Waals surface area contributed by atoms with Gasteiger partial charge in [-0.15, -0.1) is 0 Å². The Hall–Kier alpha value is -1.96. The molecular weight excluding hydrogens is 778 g/mol. The number of phosphoric acid groups is 2. The summed E-state index contributed by atoms with van der Waals surface area (Å²) in [4.78, 5) is 52.5. The van der Waals surface area contributed by atoms with Crippen LogP contribution < -0.4 is 0 Å². The third-order valence-electron chi connectivity index (χ3n) is 8.81. The number of hydrogen-bond acceptors (Lipinski definition) is 11. The summed E-state index contributed by atoms with van der Waals surface area (Å²) in [7, 11) is -9.69. The van der Waals surface area contributed by atoms with Gasteiger partial charge in [0.15, 0.2) is 6.10 Å². The second-order valence-corrected chi connectivity index (χ2v) is 17.0. The van der Waals surface area contributed by atoms with Crippen molar-refractivity contribution in [1.82, 2.24) is 0 Å². The van der Waals surface area contributed by atoms with Gasteiger partial charge in [-0.1, -0.05) is 134 Å². The van der Waals surface area contributed by atoms with E-state index in [4.69, 9.17) is 23.8 Å². The van der Waals surface area contributed by atoms with Crippen molar-refractivity contribution in [2.75, 3.05) is 26.4 Å². The van der Waals surface area contributed by atoms with Crippen molar-refractivity contribution in [1.29, 1.82) is 0 Å². The molecule has 0 radical (unpaired) electrons. The number of esters is 2. The van der Waals surface area contributed by atoms with Gasteiger partial charge in [-0.3, -0.25) is 23.2 Å². The molecule has 332 valence electrons. The van der Waals surface area contributed by atoms with Crippen molar-refractivity contribution >= 4 is 27.6 Å². The summed E-state index contributed by atoms with van der Waals surface area (Å²) in [6.07, 6.45) is 30.5. The van der Waals surface area contributed by atoms with Gasteiger partial charge in [0.05, 0.1) is 25.9 Å². The summed E-state index contributed by atoms with van der Waals surface area (Å²) in [5.74, 6) is -0.341. The maximum absolute atomic E-state index is 12.6. The van der Waals surface area contributed by atoms with Crippen molar-refractivity contribution in [2.45, 2.75) is 167 Å².